The van der Waals surface area contributed by atoms with Crippen molar-refractivity contribution in [1.29, 1.82) is 0 Å². The average Bonchev–Trinajstić information content (AvgIpc) is 3.16. The summed E-state index contributed by atoms with van der Waals surface area (Å²) in [4.78, 5) is 19.4. The first-order valence-electron chi connectivity index (χ1n) is 8.43. The Kier molecular flexibility index (Phi) is 4.28. The number of halogens is 3. The Balaban J connectivity index is 1.54. The molecule has 1 aliphatic heterocycles. The summed E-state index contributed by atoms with van der Waals surface area (Å²) in [6.45, 7) is 1.99. The number of nitrogens with two attached hydrogens (primary N) is 1. The summed E-state index contributed by atoms with van der Waals surface area (Å²) in [6, 6.07) is 5.28. The molecule has 0 bridgehead atoms. The number of benzene rings is 1. The van der Waals surface area contributed by atoms with Gasteiger partial charge in [0, 0.05) is 32.4 Å². The van der Waals surface area contributed by atoms with E-state index >= 15 is 0 Å². The second kappa shape index (κ2) is 6.66. The van der Waals surface area contributed by atoms with E-state index in [9.17, 15) is 18.0 Å². The van der Waals surface area contributed by atoms with Gasteiger partial charge in [-0.1, -0.05) is 0 Å². The molecule has 1 aromatic carbocycles. The van der Waals surface area contributed by atoms with E-state index in [4.69, 9.17) is 10.4 Å². The number of carbonyl (C=O) groups is 1. The second-order valence-corrected chi connectivity index (χ2v) is 6.33. The smallest absolute Gasteiger partial charge is 0.366 e. The molecule has 0 radical (unpaired) electrons. The first-order valence-corrected chi connectivity index (χ1v) is 8.43. The Labute approximate surface area is 156 Å². The first kappa shape index (κ1) is 18.0. The zero-order chi connectivity index (χ0) is 19.9. The van der Waals surface area contributed by atoms with Gasteiger partial charge < -0.3 is 15.5 Å². The number of pyridine rings is 1. The minimum atomic E-state index is -4.41. The SMILES string of the molecule is NC(=O)c1ccc(N2CCN(c3cc(C(F)(F)F)ccn3)CC2)c2nonc12. The zero-order valence-electron chi connectivity index (χ0n) is 14.5. The molecule has 3 aromatic rings. The normalized spacial score (nSPS) is 15.2. The zero-order valence-corrected chi connectivity index (χ0v) is 14.5. The summed E-state index contributed by atoms with van der Waals surface area (Å²) >= 11 is 0. The van der Waals surface area contributed by atoms with Gasteiger partial charge in [-0.3, -0.25) is 4.79 Å². The van der Waals surface area contributed by atoms with Crippen molar-refractivity contribution in [1.82, 2.24) is 15.3 Å². The lowest BCUT2D eigenvalue weighted by atomic mass is 10.1. The summed E-state index contributed by atoms with van der Waals surface area (Å²) in [5, 5.41) is 7.62. The molecule has 1 fully saturated rings. The van der Waals surface area contributed by atoms with Crippen molar-refractivity contribution in [2.24, 2.45) is 5.73 Å². The van der Waals surface area contributed by atoms with Crippen LogP contribution in [0.4, 0.5) is 24.7 Å². The van der Waals surface area contributed by atoms with Crippen LogP contribution in [0.15, 0.2) is 35.1 Å². The van der Waals surface area contributed by atoms with Gasteiger partial charge >= 0.3 is 6.18 Å². The molecule has 0 spiro atoms. The van der Waals surface area contributed by atoms with Gasteiger partial charge in [0.1, 0.15) is 11.3 Å². The standard InChI is InChI=1S/C17H15F3N6O2/c18-17(19,20)10-3-4-22-13(9-10)26-7-5-25(6-8-26)12-2-1-11(16(21)27)14-15(12)24-28-23-14/h1-4,9H,5-8H2,(H2,21,27). The van der Waals surface area contributed by atoms with Crippen LogP contribution >= 0.6 is 0 Å². The number of hydrogen-bond donors (Lipinski definition) is 1. The third-order valence-electron chi connectivity index (χ3n) is 4.68. The van der Waals surface area contributed by atoms with Crippen LogP contribution in [-0.2, 0) is 6.18 Å². The lowest BCUT2D eigenvalue weighted by molar-refractivity contribution is -0.137. The highest BCUT2D eigenvalue weighted by atomic mass is 19.4. The maximum atomic E-state index is 12.9. The maximum absolute atomic E-state index is 12.9. The largest absolute Gasteiger partial charge is 0.416 e. The molecule has 4 rings (SSSR count). The predicted molar refractivity (Wildman–Crippen MR) is 94.0 cm³/mol. The summed E-state index contributed by atoms with van der Waals surface area (Å²) in [7, 11) is 0. The van der Waals surface area contributed by atoms with Crippen molar-refractivity contribution >= 4 is 28.4 Å². The van der Waals surface area contributed by atoms with Crippen molar-refractivity contribution in [3.8, 4) is 0 Å². The first-order chi connectivity index (χ1) is 13.3. The van der Waals surface area contributed by atoms with Crippen molar-refractivity contribution in [3.63, 3.8) is 0 Å². The van der Waals surface area contributed by atoms with Crippen LogP contribution in [0, 0.1) is 0 Å². The molecule has 2 N–H and O–H groups in total. The Morgan fingerprint density at radius 1 is 1.04 bits per heavy atom. The maximum Gasteiger partial charge on any atom is 0.416 e. The molecular formula is C17H15F3N6O2. The van der Waals surface area contributed by atoms with Crippen LogP contribution in [0.3, 0.4) is 0 Å². The van der Waals surface area contributed by atoms with E-state index in [1.165, 1.54) is 0 Å². The summed E-state index contributed by atoms with van der Waals surface area (Å²) in [5.74, 6) is -0.348. The number of amides is 1. The number of hydrogen-bond acceptors (Lipinski definition) is 7. The van der Waals surface area contributed by atoms with Gasteiger partial charge in [0.05, 0.1) is 16.8 Å². The lowest BCUT2D eigenvalue weighted by Gasteiger charge is -2.36. The number of fused-ring (bicyclic) bond motifs is 1. The van der Waals surface area contributed by atoms with Gasteiger partial charge in [-0.25, -0.2) is 9.61 Å². The number of nitrogens with zero attached hydrogens (tertiary/aromatic N) is 5. The van der Waals surface area contributed by atoms with E-state index in [0.29, 0.717) is 31.7 Å². The number of piperazine rings is 1. The minimum Gasteiger partial charge on any atom is -0.366 e. The van der Waals surface area contributed by atoms with Gasteiger partial charge in [-0.2, -0.15) is 13.2 Å². The van der Waals surface area contributed by atoms with E-state index in [1.807, 2.05) is 4.90 Å². The van der Waals surface area contributed by atoms with Crippen molar-refractivity contribution in [2.75, 3.05) is 36.0 Å². The van der Waals surface area contributed by atoms with Crippen molar-refractivity contribution in [3.05, 3.63) is 41.6 Å². The van der Waals surface area contributed by atoms with E-state index in [0.717, 1.165) is 24.0 Å². The fourth-order valence-corrected chi connectivity index (χ4v) is 3.25. The van der Waals surface area contributed by atoms with E-state index in [-0.39, 0.29) is 16.9 Å². The molecule has 0 aliphatic carbocycles. The third kappa shape index (κ3) is 3.19. The molecule has 0 unspecified atom stereocenters. The van der Waals surface area contributed by atoms with Crippen LogP contribution in [0.5, 0.6) is 0 Å². The number of carbonyl (C=O) groups excluding carboxylic acids is 1. The molecule has 0 atom stereocenters. The van der Waals surface area contributed by atoms with Gasteiger partial charge in [-0.05, 0) is 34.6 Å². The molecule has 11 heteroatoms. The van der Waals surface area contributed by atoms with Crippen LogP contribution in [0.2, 0.25) is 0 Å². The summed E-state index contributed by atoms with van der Waals surface area (Å²) in [5.41, 5.74) is 6.25. The highest BCUT2D eigenvalue weighted by Crippen LogP contribution is 2.32. The van der Waals surface area contributed by atoms with E-state index < -0.39 is 17.6 Å². The molecule has 146 valence electrons. The van der Waals surface area contributed by atoms with Crippen LogP contribution < -0.4 is 15.5 Å². The van der Waals surface area contributed by atoms with Crippen LogP contribution in [0.25, 0.3) is 11.0 Å². The average molecular weight is 392 g/mol. The molecule has 3 heterocycles. The van der Waals surface area contributed by atoms with Gasteiger partial charge in [-0.15, -0.1) is 0 Å². The number of alkyl halides is 3. The topological polar surface area (TPSA) is 101 Å². The third-order valence-corrected chi connectivity index (χ3v) is 4.68. The monoisotopic (exact) mass is 392 g/mol. The molecule has 1 amide bonds. The number of primary amides is 1. The Morgan fingerprint density at radius 3 is 2.39 bits per heavy atom. The minimum absolute atomic E-state index is 0.215. The molecule has 1 saturated heterocycles. The second-order valence-electron chi connectivity index (χ2n) is 6.33. The molecule has 1 aliphatic rings. The molecule has 8 nitrogen and oxygen atoms in total. The predicted octanol–water partition coefficient (Wildman–Crippen LogP) is 2.06. The molecule has 2 aromatic heterocycles. The summed E-state index contributed by atoms with van der Waals surface area (Å²) in [6.07, 6.45) is -3.25. The van der Waals surface area contributed by atoms with Crippen molar-refractivity contribution in [2.45, 2.75) is 6.18 Å². The Morgan fingerprint density at radius 2 is 1.71 bits per heavy atom. The lowest BCUT2D eigenvalue weighted by Crippen LogP contribution is -2.47. The number of rotatable bonds is 3. The number of aromatic nitrogens is 3. The van der Waals surface area contributed by atoms with E-state index in [2.05, 4.69) is 15.3 Å². The Bertz CT molecular complexity index is 1030. The fraction of sp³-hybridized carbons (Fsp3) is 0.294. The van der Waals surface area contributed by atoms with Crippen LogP contribution in [-0.4, -0.2) is 47.4 Å². The fourth-order valence-electron chi connectivity index (χ4n) is 3.25. The van der Waals surface area contributed by atoms with E-state index in [1.54, 1.807) is 17.0 Å². The highest BCUT2D eigenvalue weighted by Gasteiger charge is 2.31. The van der Waals surface area contributed by atoms with Gasteiger partial charge in [0.15, 0.2) is 5.52 Å². The summed E-state index contributed by atoms with van der Waals surface area (Å²) < 4.78 is 43.5. The Hall–Kier alpha value is -3.37. The molecule has 0 saturated carbocycles. The molecule has 28 heavy (non-hydrogen) atoms. The molecular weight excluding hydrogens is 377 g/mol. The number of anilines is 2. The quantitative estimate of drug-likeness (QED) is 0.728. The highest BCUT2D eigenvalue weighted by molar-refractivity contribution is 6.06. The van der Waals surface area contributed by atoms with Crippen molar-refractivity contribution < 1.29 is 22.6 Å². The van der Waals surface area contributed by atoms with Gasteiger partial charge in [0.25, 0.3) is 5.91 Å². The van der Waals surface area contributed by atoms with Gasteiger partial charge in [0.2, 0.25) is 0 Å². The van der Waals surface area contributed by atoms with Crippen LogP contribution in [0.1, 0.15) is 15.9 Å².